The molecule has 0 saturated carbocycles. The fourth-order valence-corrected chi connectivity index (χ4v) is 3.14. The molecule has 3 aromatic rings. The molecule has 4 heterocycles. The lowest BCUT2D eigenvalue weighted by atomic mass is 9.99. The molecular weight excluding hydrogens is 326 g/mol. The molecule has 1 aliphatic rings. The number of aromatic nitrogens is 5. The summed E-state index contributed by atoms with van der Waals surface area (Å²) in [6, 6.07) is 8.11. The SMILES string of the molecule is Cc1nc(Nc2ncccc2C)cc(C2CCN2c2ccnc(C)n2)n1. The Labute approximate surface area is 152 Å². The molecule has 0 spiro atoms. The number of nitrogens with one attached hydrogen (secondary N) is 1. The largest absolute Gasteiger partial charge is 0.348 e. The van der Waals surface area contributed by atoms with E-state index in [0.29, 0.717) is 0 Å². The first-order valence-corrected chi connectivity index (χ1v) is 8.70. The highest BCUT2D eigenvalue weighted by Crippen LogP contribution is 2.36. The number of hydrogen-bond acceptors (Lipinski definition) is 7. The molecule has 7 heteroatoms. The third-order valence-electron chi connectivity index (χ3n) is 4.53. The van der Waals surface area contributed by atoms with Crippen LogP contribution >= 0.6 is 0 Å². The minimum atomic E-state index is 0.205. The van der Waals surface area contributed by atoms with Gasteiger partial charge in [-0.3, -0.25) is 0 Å². The van der Waals surface area contributed by atoms with Crippen LogP contribution in [-0.4, -0.2) is 31.5 Å². The van der Waals surface area contributed by atoms with Crippen LogP contribution in [0.5, 0.6) is 0 Å². The van der Waals surface area contributed by atoms with Crippen LogP contribution < -0.4 is 10.2 Å². The van der Waals surface area contributed by atoms with Crippen LogP contribution in [-0.2, 0) is 0 Å². The van der Waals surface area contributed by atoms with Crippen molar-refractivity contribution in [3.8, 4) is 0 Å². The molecule has 7 nitrogen and oxygen atoms in total. The Hall–Kier alpha value is -3.09. The van der Waals surface area contributed by atoms with Crippen molar-refractivity contribution >= 4 is 17.5 Å². The molecule has 0 aliphatic carbocycles. The van der Waals surface area contributed by atoms with Gasteiger partial charge in [-0.15, -0.1) is 0 Å². The van der Waals surface area contributed by atoms with E-state index in [4.69, 9.17) is 0 Å². The number of aryl methyl sites for hydroxylation is 3. The van der Waals surface area contributed by atoms with Crippen molar-refractivity contribution in [3.63, 3.8) is 0 Å². The predicted molar refractivity (Wildman–Crippen MR) is 100 cm³/mol. The Morgan fingerprint density at radius 2 is 1.88 bits per heavy atom. The molecule has 4 rings (SSSR count). The Bertz CT molecular complexity index is 941. The maximum atomic E-state index is 4.66. The van der Waals surface area contributed by atoms with E-state index in [2.05, 4.69) is 35.1 Å². The van der Waals surface area contributed by atoms with Gasteiger partial charge in [-0.2, -0.15) is 0 Å². The number of pyridine rings is 1. The number of hydrogen-bond donors (Lipinski definition) is 1. The molecule has 1 aliphatic heterocycles. The van der Waals surface area contributed by atoms with Crippen LogP contribution in [0.15, 0.2) is 36.7 Å². The maximum Gasteiger partial charge on any atom is 0.135 e. The molecule has 1 atom stereocenters. The van der Waals surface area contributed by atoms with Crippen molar-refractivity contribution < 1.29 is 0 Å². The van der Waals surface area contributed by atoms with Crippen molar-refractivity contribution in [1.29, 1.82) is 0 Å². The lowest BCUT2D eigenvalue weighted by Gasteiger charge is -2.41. The second-order valence-electron chi connectivity index (χ2n) is 6.48. The average Bonchev–Trinajstić information content (AvgIpc) is 2.55. The monoisotopic (exact) mass is 347 g/mol. The summed E-state index contributed by atoms with van der Waals surface area (Å²) in [7, 11) is 0. The Balaban J connectivity index is 1.61. The van der Waals surface area contributed by atoms with Gasteiger partial charge in [-0.1, -0.05) is 6.07 Å². The first-order chi connectivity index (χ1) is 12.6. The van der Waals surface area contributed by atoms with E-state index in [1.165, 1.54) is 0 Å². The van der Waals surface area contributed by atoms with Gasteiger partial charge in [0.1, 0.15) is 29.1 Å². The summed E-state index contributed by atoms with van der Waals surface area (Å²) in [6.45, 7) is 6.81. The average molecular weight is 347 g/mol. The minimum absolute atomic E-state index is 0.205. The van der Waals surface area contributed by atoms with Crippen LogP contribution in [0.3, 0.4) is 0 Å². The van der Waals surface area contributed by atoms with Crippen LogP contribution in [0, 0.1) is 20.8 Å². The summed E-state index contributed by atoms with van der Waals surface area (Å²) < 4.78 is 0. The zero-order valence-corrected chi connectivity index (χ0v) is 15.1. The molecular formula is C19H21N7. The number of anilines is 3. The van der Waals surface area contributed by atoms with Crippen molar-refractivity contribution in [2.24, 2.45) is 0 Å². The van der Waals surface area contributed by atoms with Crippen molar-refractivity contribution in [2.75, 3.05) is 16.8 Å². The van der Waals surface area contributed by atoms with Crippen molar-refractivity contribution in [3.05, 3.63) is 59.6 Å². The normalized spacial score (nSPS) is 16.3. The fourth-order valence-electron chi connectivity index (χ4n) is 3.14. The summed E-state index contributed by atoms with van der Waals surface area (Å²) in [5, 5.41) is 3.31. The number of nitrogens with zero attached hydrogens (tertiary/aromatic N) is 6. The van der Waals surface area contributed by atoms with Crippen LogP contribution in [0.1, 0.15) is 35.4 Å². The summed E-state index contributed by atoms with van der Waals surface area (Å²) in [4.78, 5) is 24.5. The molecule has 0 radical (unpaired) electrons. The van der Waals surface area contributed by atoms with Gasteiger partial charge >= 0.3 is 0 Å². The second-order valence-corrected chi connectivity index (χ2v) is 6.48. The molecule has 1 N–H and O–H groups in total. The van der Waals surface area contributed by atoms with Crippen LogP contribution in [0.4, 0.5) is 17.5 Å². The molecule has 1 unspecified atom stereocenters. The van der Waals surface area contributed by atoms with E-state index in [1.807, 2.05) is 45.0 Å². The standard InChI is InChI=1S/C19H21N7/c1-12-5-4-8-21-19(12)25-17-11-15(22-14(3)23-17)16-7-10-26(16)18-6-9-20-13(2)24-18/h4-6,8-9,11,16H,7,10H2,1-3H3,(H,21,22,23,25). The van der Waals surface area contributed by atoms with Gasteiger partial charge in [0.15, 0.2) is 0 Å². The zero-order valence-electron chi connectivity index (χ0n) is 15.1. The highest BCUT2D eigenvalue weighted by molar-refractivity contribution is 5.56. The van der Waals surface area contributed by atoms with Gasteiger partial charge in [0.05, 0.1) is 11.7 Å². The van der Waals surface area contributed by atoms with E-state index in [0.717, 1.165) is 53.3 Å². The van der Waals surface area contributed by atoms with Gasteiger partial charge < -0.3 is 10.2 Å². The molecule has 132 valence electrons. The van der Waals surface area contributed by atoms with E-state index < -0.39 is 0 Å². The molecule has 0 bridgehead atoms. The van der Waals surface area contributed by atoms with Crippen LogP contribution in [0.2, 0.25) is 0 Å². The van der Waals surface area contributed by atoms with E-state index in [9.17, 15) is 0 Å². The smallest absolute Gasteiger partial charge is 0.135 e. The highest BCUT2D eigenvalue weighted by Gasteiger charge is 2.32. The maximum absolute atomic E-state index is 4.66. The molecule has 26 heavy (non-hydrogen) atoms. The highest BCUT2D eigenvalue weighted by atomic mass is 15.3. The third kappa shape index (κ3) is 3.20. The fraction of sp³-hybridized carbons (Fsp3) is 0.316. The van der Waals surface area contributed by atoms with E-state index in [1.54, 1.807) is 12.4 Å². The topological polar surface area (TPSA) is 79.7 Å². The molecule has 0 amide bonds. The number of rotatable bonds is 4. The Morgan fingerprint density at radius 3 is 2.62 bits per heavy atom. The molecule has 3 aromatic heterocycles. The van der Waals surface area contributed by atoms with Gasteiger partial charge in [0.25, 0.3) is 0 Å². The first kappa shape index (κ1) is 16.4. The lowest BCUT2D eigenvalue weighted by Crippen LogP contribution is -2.42. The minimum Gasteiger partial charge on any atom is -0.348 e. The second kappa shape index (κ2) is 6.67. The Morgan fingerprint density at radius 1 is 1.00 bits per heavy atom. The van der Waals surface area contributed by atoms with E-state index in [-0.39, 0.29) is 6.04 Å². The molecule has 1 saturated heterocycles. The molecule has 0 aromatic carbocycles. The van der Waals surface area contributed by atoms with Gasteiger partial charge in [0, 0.05) is 25.0 Å². The van der Waals surface area contributed by atoms with Crippen molar-refractivity contribution in [2.45, 2.75) is 33.2 Å². The van der Waals surface area contributed by atoms with Gasteiger partial charge in [-0.25, -0.2) is 24.9 Å². The summed E-state index contributed by atoms with van der Waals surface area (Å²) in [5.41, 5.74) is 2.07. The Kier molecular flexibility index (Phi) is 4.20. The first-order valence-electron chi connectivity index (χ1n) is 8.70. The molecule has 1 fully saturated rings. The quantitative estimate of drug-likeness (QED) is 0.776. The summed E-state index contributed by atoms with van der Waals surface area (Å²) in [5.74, 6) is 4.04. The summed E-state index contributed by atoms with van der Waals surface area (Å²) in [6.07, 6.45) is 4.62. The van der Waals surface area contributed by atoms with Crippen molar-refractivity contribution in [1.82, 2.24) is 24.9 Å². The van der Waals surface area contributed by atoms with E-state index >= 15 is 0 Å². The van der Waals surface area contributed by atoms with Gasteiger partial charge in [-0.05, 0) is 44.9 Å². The third-order valence-corrected chi connectivity index (χ3v) is 4.53. The summed E-state index contributed by atoms with van der Waals surface area (Å²) >= 11 is 0. The van der Waals surface area contributed by atoms with Gasteiger partial charge in [0.2, 0.25) is 0 Å². The predicted octanol–water partition coefficient (Wildman–Crippen LogP) is 3.28. The van der Waals surface area contributed by atoms with Crippen LogP contribution in [0.25, 0.3) is 0 Å². The lowest BCUT2D eigenvalue weighted by molar-refractivity contribution is 0.449. The zero-order chi connectivity index (χ0) is 18.1.